The Morgan fingerprint density at radius 2 is 2.24 bits per heavy atom. The Morgan fingerprint density at radius 3 is 3.04 bits per heavy atom. The van der Waals surface area contributed by atoms with Crippen LogP contribution in [0.4, 0.5) is 11.8 Å². The topological polar surface area (TPSA) is 90.9 Å². The van der Waals surface area contributed by atoms with Crippen LogP contribution in [0.5, 0.6) is 0 Å². The Bertz CT molecular complexity index is 884. The van der Waals surface area contributed by atoms with Crippen molar-refractivity contribution in [2.24, 2.45) is 0 Å². The lowest BCUT2D eigenvalue weighted by Crippen LogP contribution is -2.17. The molecular weight excluding hydrogens is 316 g/mol. The minimum Gasteiger partial charge on any atom is -0.383 e. The molecule has 0 bridgehead atoms. The molecule has 25 heavy (non-hydrogen) atoms. The van der Waals surface area contributed by atoms with E-state index >= 15 is 0 Å². The third kappa shape index (κ3) is 3.28. The van der Waals surface area contributed by atoms with E-state index in [-0.39, 0.29) is 6.23 Å². The summed E-state index contributed by atoms with van der Waals surface area (Å²) in [6.45, 7) is 3.33. The van der Waals surface area contributed by atoms with Gasteiger partial charge in [0, 0.05) is 24.9 Å². The first-order chi connectivity index (χ1) is 12.2. The SMILES string of the molecule is Cc1cnc(NCc2ccc3c(c2)ncn3C2CCCCO2)nc1N. The second-order valence-corrected chi connectivity index (χ2v) is 6.41. The molecule has 3 aromatic rings. The second kappa shape index (κ2) is 6.68. The van der Waals surface area contributed by atoms with Crippen LogP contribution < -0.4 is 11.1 Å². The van der Waals surface area contributed by atoms with Gasteiger partial charge < -0.3 is 20.4 Å². The summed E-state index contributed by atoms with van der Waals surface area (Å²) in [5.41, 5.74) is 9.89. The summed E-state index contributed by atoms with van der Waals surface area (Å²) in [5.74, 6) is 1.03. The molecule has 1 aliphatic heterocycles. The molecule has 0 saturated carbocycles. The lowest BCUT2D eigenvalue weighted by atomic mass is 10.1. The van der Waals surface area contributed by atoms with Gasteiger partial charge in [-0.2, -0.15) is 4.98 Å². The summed E-state index contributed by atoms with van der Waals surface area (Å²) < 4.78 is 8.00. The Balaban J connectivity index is 1.50. The summed E-state index contributed by atoms with van der Waals surface area (Å²) >= 11 is 0. The van der Waals surface area contributed by atoms with Gasteiger partial charge >= 0.3 is 0 Å². The molecule has 3 heterocycles. The van der Waals surface area contributed by atoms with Crippen molar-refractivity contribution in [3.63, 3.8) is 0 Å². The van der Waals surface area contributed by atoms with E-state index in [4.69, 9.17) is 10.5 Å². The van der Waals surface area contributed by atoms with E-state index in [0.29, 0.717) is 18.3 Å². The minimum absolute atomic E-state index is 0.103. The normalized spacial score (nSPS) is 17.7. The predicted octanol–water partition coefficient (Wildman–Crippen LogP) is 3.03. The van der Waals surface area contributed by atoms with Crippen molar-refractivity contribution in [2.45, 2.75) is 39.0 Å². The first kappa shape index (κ1) is 15.8. The van der Waals surface area contributed by atoms with E-state index in [1.54, 1.807) is 6.20 Å². The van der Waals surface area contributed by atoms with E-state index in [0.717, 1.165) is 41.6 Å². The number of anilines is 2. The fraction of sp³-hybridized carbons (Fsp3) is 0.389. The molecule has 7 nitrogen and oxygen atoms in total. The first-order valence-corrected chi connectivity index (χ1v) is 8.61. The standard InChI is InChI=1S/C18H22N6O/c1-12-9-20-18(23-17(12)19)21-10-13-5-6-15-14(8-13)22-11-24(15)16-4-2-3-7-25-16/h5-6,8-9,11,16H,2-4,7,10H2,1H3,(H3,19,20,21,23). The van der Waals surface area contributed by atoms with Crippen molar-refractivity contribution in [3.8, 4) is 0 Å². The molecule has 1 atom stereocenters. The lowest BCUT2D eigenvalue weighted by molar-refractivity contribution is -0.0295. The smallest absolute Gasteiger partial charge is 0.224 e. The minimum atomic E-state index is 0.103. The van der Waals surface area contributed by atoms with Gasteiger partial charge in [-0.1, -0.05) is 6.07 Å². The number of ether oxygens (including phenoxy) is 1. The van der Waals surface area contributed by atoms with Crippen molar-refractivity contribution >= 4 is 22.8 Å². The Hall–Kier alpha value is -2.67. The maximum atomic E-state index is 5.87. The third-order valence-electron chi connectivity index (χ3n) is 4.57. The van der Waals surface area contributed by atoms with Crippen molar-refractivity contribution in [3.05, 3.63) is 41.9 Å². The number of aromatic nitrogens is 4. The third-order valence-corrected chi connectivity index (χ3v) is 4.57. The molecule has 3 N–H and O–H groups in total. The summed E-state index contributed by atoms with van der Waals surface area (Å²) in [7, 11) is 0. The Morgan fingerprint density at radius 1 is 1.32 bits per heavy atom. The van der Waals surface area contributed by atoms with Crippen molar-refractivity contribution in [1.82, 2.24) is 19.5 Å². The van der Waals surface area contributed by atoms with Gasteiger partial charge in [0.15, 0.2) is 0 Å². The van der Waals surface area contributed by atoms with Crippen LogP contribution in [0.1, 0.15) is 36.6 Å². The molecule has 1 aromatic carbocycles. The molecular formula is C18H22N6O. The molecule has 0 radical (unpaired) electrons. The molecule has 130 valence electrons. The number of fused-ring (bicyclic) bond motifs is 1. The van der Waals surface area contributed by atoms with Crippen LogP contribution in [0, 0.1) is 6.92 Å². The molecule has 1 saturated heterocycles. The van der Waals surface area contributed by atoms with Crippen molar-refractivity contribution in [2.75, 3.05) is 17.7 Å². The van der Waals surface area contributed by atoms with Crippen LogP contribution in [-0.2, 0) is 11.3 Å². The molecule has 2 aromatic heterocycles. The Labute approximate surface area is 146 Å². The highest BCUT2D eigenvalue weighted by Gasteiger charge is 2.17. The number of imidazole rings is 1. The first-order valence-electron chi connectivity index (χ1n) is 8.61. The fourth-order valence-corrected chi connectivity index (χ4v) is 3.08. The van der Waals surface area contributed by atoms with Crippen LogP contribution in [0.2, 0.25) is 0 Å². The molecule has 0 aliphatic carbocycles. The second-order valence-electron chi connectivity index (χ2n) is 6.41. The van der Waals surface area contributed by atoms with E-state index in [2.05, 4.69) is 43.0 Å². The summed E-state index contributed by atoms with van der Waals surface area (Å²) in [4.78, 5) is 13.0. The number of nitrogen functional groups attached to an aromatic ring is 1. The average molecular weight is 338 g/mol. The zero-order chi connectivity index (χ0) is 17.2. The van der Waals surface area contributed by atoms with E-state index in [1.165, 1.54) is 6.42 Å². The van der Waals surface area contributed by atoms with Gasteiger partial charge in [0.25, 0.3) is 0 Å². The van der Waals surface area contributed by atoms with E-state index in [1.807, 2.05) is 13.3 Å². The number of nitrogens with one attached hydrogen (secondary N) is 1. The lowest BCUT2D eigenvalue weighted by Gasteiger charge is -2.24. The largest absolute Gasteiger partial charge is 0.383 e. The number of hydrogen-bond acceptors (Lipinski definition) is 6. The maximum absolute atomic E-state index is 5.87. The zero-order valence-corrected chi connectivity index (χ0v) is 14.3. The monoisotopic (exact) mass is 338 g/mol. The highest BCUT2D eigenvalue weighted by atomic mass is 16.5. The van der Waals surface area contributed by atoms with Gasteiger partial charge in [0.1, 0.15) is 12.0 Å². The van der Waals surface area contributed by atoms with Crippen LogP contribution >= 0.6 is 0 Å². The number of rotatable bonds is 4. The van der Waals surface area contributed by atoms with Crippen molar-refractivity contribution < 1.29 is 4.74 Å². The average Bonchev–Trinajstić information content (AvgIpc) is 3.06. The van der Waals surface area contributed by atoms with Gasteiger partial charge in [-0.3, -0.25) is 0 Å². The van der Waals surface area contributed by atoms with Crippen LogP contribution in [0.25, 0.3) is 11.0 Å². The molecule has 7 heteroatoms. The van der Waals surface area contributed by atoms with Crippen LogP contribution in [-0.4, -0.2) is 26.1 Å². The summed E-state index contributed by atoms with van der Waals surface area (Å²) in [6, 6.07) is 6.27. The van der Waals surface area contributed by atoms with Crippen molar-refractivity contribution in [1.29, 1.82) is 0 Å². The number of aryl methyl sites for hydroxylation is 1. The fourth-order valence-electron chi connectivity index (χ4n) is 3.08. The summed E-state index contributed by atoms with van der Waals surface area (Å²) in [6.07, 6.45) is 7.09. The predicted molar refractivity (Wildman–Crippen MR) is 97.1 cm³/mol. The van der Waals surface area contributed by atoms with Gasteiger partial charge in [0.2, 0.25) is 5.95 Å². The Kier molecular flexibility index (Phi) is 4.23. The van der Waals surface area contributed by atoms with Gasteiger partial charge in [-0.05, 0) is 43.9 Å². The van der Waals surface area contributed by atoms with Crippen LogP contribution in [0.15, 0.2) is 30.7 Å². The highest BCUT2D eigenvalue weighted by Crippen LogP contribution is 2.26. The van der Waals surface area contributed by atoms with E-state index < -0.39 is 0 Å². The number of benzene rings is 1. The number of nitrogens with two attached hydrogens (primary N) is 1. The van der Waals surface area contributed by atoms with E-state index in [9.17, 15) is 0 Å². The molecule has 1 fully saturated rings. The molecule has 0 amide bonds. The quantitative estimate of drug-likeness (QED) is 0.760. The molecule has 4 rings (SSSR count). The van der Waals surface area contributed by atoms with Gasteiger partial charge in [-0.25, -0.2) is 9.97 Å². The van der Waals surface area contributed by atoms with Crippen LogP contribution in [0.3, 0.4) is 0 Å². The van der Waals surface area contributed by atoms with Gasteiger partial charge in [-0.15, -0.1) is 0 Å². The van der Waals surface area contributed by atoms with Gasteiger partial charge in [0.05, 0.1) is 17.4 Å². The zero-order valence-electron chi connectivity index (χ0n) is 14.3. The molecule has 0 spiro atoms. The number of nitrogens with zero attached hydrogens (tertiary/aromatic N) is 4. The highest BCUT2D eigenvalue weighted by molar-refractivity contribution is 5.76. The summed E-state index contributed by atoms with van der Waals surface area (Å²) in [5, 5.41) is 3.20. The molecule has 1 unspecified atom stereocenters. The molecule has 1 aliphatic rings. The number of hydrogen-bond donors (Lipinski definition) is 2. The maximum Gasteiger partial charge on any atom is 0.224 e.